The summed E-state index contributed by atoms with van der Waals surface area (Å²) >= 11 is 5.23. The fourth-order valence-corrected chi connectivity index (χ4v) is 2.82. The normalized spacial score (nSPS) is 11.2. The summed E-state index contributed by atoms with van der Waals surface area (Å²) in [6, 6.07) is 13.7. The minimum Gasteiger partial charge on any atom is -0.492 e. The topological polar surface area (TPSA) is 59.0 Å². The molecule has 146 valence electrons. The molecule has 0 unspecified atom stereocenters. The lowest BCUT2D eigenvalue weighted by Crippen LogP contribution is -2.29. The molecule has 1 heterocycles. The number of hydrogen-bond donors (Lipinski definition) is 2. The van der Waals surface area contributed by atoms with Gasteiger partial charge in [-0.3, -0.25) is 9.36 Å². The molecule has 5 nitrogen and oxygen atoms in total. The van der Waals surface area contributed by atoms with Gasteiger partial charge < -0.3 is 15.0 Å². The first kappa shape index (κ1) is 19.7. The van der Waals surface area contributed by atoms with Gasteiger partial charge in [0, 0.05) is 11.9 Å². The molecule has 28 heavy (non-hydrogen) atoms. The van der Waals surface area contributed by atoms with E-state index < -0.39 is 11.7 Å². The van der Waals surface area contributed by atoms with Crippen LogP contribution in [0, 0.1) is 4.77 Å². The number of para-hydroxylation sites is 1. The van der Waals surface area contributed by atoms with Crippen molar-refractivity contribution in [3.63, 3.8) is 0 Å². The van der Waals surface area contributed by atoms with E-state index >= 15 is 0 Å². The molecule has 0 aliphatic heterocycles. The molecule has 1 amide bonds. The highest BCUT2D eigenvalue weighted by molar-refractivity contribution is 7.71. The molecule has 0 bridgehead atoms. The number of nitrogens with zero attached hydrogens (tertiary/aromatic N) is 1. The molecule has 0 fully saturated rings. The van der Waals surface area contributed by atoms with E-state index in [2.05, 4.69) is 10.3 Å². The van der Waals surface area contributed by atoms with Gasteiger partial charge in [-0.25, -0.2) is 0 Å². The third kappa shape index (κ3) is 4.61. The van der Waals surface area contributed by atoms with Gasteiger partial charge in [-0.15, -0.1) is 0 Å². The zero-order valence-electron chi connectivity index (χ0n) is 14.5. The largest absolute Gasteiger partial charge is 0.492 e. The molecule has 2 aromatic carbocycles. The van der Waals surface area contributed by atoms with Crippen LogP contribution in [-0.2, 0) is 6.18 Å². The Morgan fingerprint density at radius 2 is 1.89 bits per heavy atom. The first-order chi connectivity index (χ1) is 13.4. The van der Waals surface area contributed by atoms with Crippen molar-refractivity contribution in [1.29, 1.82) is 0 Å². The van der Waals surface area contributed by atoms with Crippen LogP contribution in [0.2, 0.25) is 0 Å². The Morgan fingerprint density at radius 1 is 1.14 bits per heavy atom. The van der Waals surface area contributed by atoms with E-state index in [9.17, 15) is 18.0 Å². The Labute approximate surface area is 163 Å². The third-order valence-electron chi connectivity index (χ3n) is 3.84. The number of imidazole rings is 1. The van der Waals surface area contributed by atoms with Crippen LogP contribution in [0.4, 0.5) is 13.2 Å². The summed E-state index contributed by atoms with van der Waals surface area (Å²) in [6.07, 6.45) is -2.94. The number of carbonyl (C=O) groups is 1. The monoisotopic (exact) mass is 407 g/mol. The van der Waals surface area contributed by atoms with Crippen molar-refractivity contribution < 1.29 is 22.7 Å². The summed E-state index contributed by atoms with van der Waals surface area (Å²) in [5.41, 5.74) is 0.262. The number of rotatable bonds is 6. The smallest absolute Gasteiger partial charge is 0.416 e. The molecule has 0 aliphatic carbocycles. The number of alkyl halides is 3. The Balaban J connectivity index is 1.60. The fourth-order valence-electron chi connectivity index (χ4n) is 2.56. The maximum Gasteiger partial charge on any atom is 0.416 e. The highest BCUT2D eigenvalue weighted by atomic mass is 32.1. The molecule has 0 saturated heterocycles. The minimum atomic E-state index is -4.44. The van der Waals surface area contributed by atoms with Crippen molar-refractivity contribution in [3.05, 3.63) is 76.8 Å². The van der Waals surface area contributed by atoms with E-state index in [4.69, 9.17) is 17.0 Å². The van der Waals surface area contributed by atoms with Crippen LogP contribution >= 0.6 is 12.2 Å². The fraction of sp³-hybridized carbons (Fsp3) is 0.158. The number of benzene rings is 2. The summed E-state index contributed by atoms with van der Waals surface area (Å²) in [4.78, 5) is 15.3. The highest BCUT2D eigenvalue weighted by Gasteiger charge is 2.30. The zero-order chi connectivity index (χ0) is 20.1. The second-order valence-electron chi connectivity index (χ2n) is 5.78. The lowest BCUT2D eigenvalue weighted by molar-refractivity contribution is -0.137. The molecule has 0 radical (unpaired) electrons. The van der Waals surface area contributed by atoms with Gasteiger partial charge in [0.25, 0.3) is 5.91 Å². The average molecular weight is 407 g/mol. The lowest BCUT2D eigenvalue weighted by atomic mass is 10.2. The van der Waals surface area contributed by atoms with Crippen LogP contribution in [0.5, 0.6) is 5.75 Å². The predicted octanol–water partition coefficient (Wildman–Crippen LogP) is 4.36. The standard InChI is InChI=1S/C19H16F3N3O2S/c20-19(21,22)13-5-4-8-15(11-13)27-10-9-23-17(26)16-12-24-18(28)25(16)14-6-2-1-3-7-14/h1-8,11-12H,9-10H2,(H,23,26)(H,24,28). The number of halogens is 3. The van der Waals surface area contributed by atoms with Gasteiger partial charge in [0.2, 0.25) is 0 Å². The lowest BCUT2D eigenvalue weighted by Gasteiger charge is -2.11. The number of nitrogens with one attached hydrogen (secondary N) is 2. The molecule has 0 aliphatic rings. The van der Waals surface area contributed by atoms with E-state index in [0.29, 0.717) is 10.5 Å². The first-order valence-electron chi connectivity index (χ1n) is 8.30. The van der Waals surface area contributed by atoms with E-state index in [1.54, 1.807) is 4.57 Å². The average Bonchev–Trinajstić information content (AvgIpc) is 3.07. The summed E-state index contributed by atoms with van der Waals surface area (Å²) in [6.45, 7) is 0.130. The Hall–Kier alpha value is -3.07. The van der Waals surface area contributed by atoms with Crippen molar-refractivity contribution in [3.8, 4) is 11.4 Å². The zero-order valence-corrected chi connectivity index (χ0v) is 15.3. The van der Waals surface area contributed by atoms with Crippen molar-refractivity contribution in [2.24, 2.45) is 0 Å². The summed E-state index contributed by atoms with van der Waals surface area (Å²) < 4.78 is 45.4. The molecule has 0 saturated carbocycles. The summed E-state index contributed by atoms with van der Waals surface area (Å²) in [5.74, 6) is -0.304. The minimum absolute atomic E-state index is 0.0174. The van der Waals surface area contributed by atoms with Crippen LogP contribution in [0.3, 0.4) is 0 Å². The Kier molecular flexibility index (Phi) is 5.84. The van der Waals surface area contributed by atoms with Crippen LogP contribution in [0.1, 0.15) is 16.1 Å². The quantitative estimate of drug-likeness (QED) is 0.472. The van der Waals surface area contributed by atoms with Gasteiger partial charge >= 0.3 is 6.18 Å². The van der Waals surface area contributed by atoms with Crippen molar-refractivity contribution in [2.45, 2.75) is 6.18 Å². The molecule has 0 spiro atoms. The number of H-pyrrole nitrogens is 1. The Morgan fingerprint density at radius 3 is 2.61 bits per heavy atom. The number of hydrogen-bond acceptors (Lipinski definition) is 3. The SMILES string of the molecule is O=C(NCCOc1cccc(C(F)(F)F)c1)c1c[nH]c(=S)n1-c1ccccc1. The third-order valence-corrected chi connectivity index (χ3v) is 4.14. The number of ether oxygens (including phenoxy) is 1. The van der Waals surface area contributed by atoms with Crippen LogP contribution < -0.4 is 10.1 Å². The number of amides is 1. The predicted molar refractivity (Wildman–Crippen MR) is 100 cm³/mol. The maximum absolute atomic E-state index is 12.7. The maximum atomic E-state index is 12.7. The van der Waals surface area contributed by atoms with Gasteiger partial charge in [-0.1, -0.05) is 24.3 Å². The molecule has 0 atom stereocenters. The van der Waals surface area contributed by atoms with Gasteiger partial charge in [0.1, 0.15) is 18.1 Å². The second-order valence-corrected chi connectivity index (χ2v) is 6.17. The van der Waals surface area contributed by atoms with E-state index in [1.165, 1.54) is 18.3 Å². The van der Waals surface area contributed by atoms with Crippen molar-refractivity contribution >= 4 is 18.1 Å². The second kappa shape index (κ2) is 8.30. The summed E-state index contributed by atoms with van der Waals surface area (Å²) in [5, 5.41) is 2.66. The number of aromatic amines is 1. The number of aromatic nitrogens is 2. The molecule has 3 rings (SSSR count). The highest BCUT2D eigenvalue weighted by Crippen LogP contribution is 2.31. The van der Waals surface area contributed by atoms with Crippen molar-refractivity contribution in [1.82, 2.24) is 14.9 Å². The molecule has 1 aromatic heterocycles. The van der Waals surface area contributed by atoms with Crippen LogP contribution in [0.25, 0.3) is 5.69 Å². The van der Waals surface area contributed by atoms with Crippen LogP contribution in [0.15, 0.2) is 60.8 Å². The molecular weight excluding hydrogens is 391 g/mol. The van der Waals surface area contributed by atoms with Gasteiger partial charge in [-0.2, -0.15) is 13.2 Å². The number of carbonyl (C=O) groups excluding carboxylic acids is 1. The molecular formula is C19H16F3N3O2S. The van der Waals surface area contributed by atoms with Gasteiger partial charge in [-0.05, 0) is 42.5 Å². The molecule has 2 N–H and O–H groups in total. The molecule has 9 heteroatoms. The van der Waals surface area contributed by atoms with E-state index in [1.807, 2.05) is 30.3 Å². The van der Waals surface area contributed by atoms with Crippen molar-refractivity contribution in [2.75, 3.05) is 13.2 Å². The summed E-state index contributed by atoms with van der Waals surface area (Å²) in [7, 11) is 0. The molecule has 3 aromatic rings. The van der Waals surface area contributed by atoms with Gasteiger partial charge in [0.05, 0.1) is 12.1 Å². The Bertz CT molecular complexity index is 1010. The van der Waals surface area contributed by atoms with Crippen LogP contribution in [-0.4, -0.2) is 28.6 Å². The first-order valence-corrected chi connectivity index (χ1v) is 8.71. The van der Waals surface area contributed by atoms with Gasteiger partial charge in [0.15, 0.2) is 4.77 Å². The van der Waals surface area contributed by atoms with E-state index in [-0.39, 0.29) is 24.8 Å². The van der Waals surface area contributed by atoms with E-state index in [0.717, 1.165) is 17.8 Å².